The Kier molecular flexibility index (Phi) is 3.63. The molecule has 144 valence electrons. The molecule has 0 aliphatic carbocycles. The van der Waals surface area contributed by atoms with Gasteiger partial charge in [0.2, 0.25) is 0 Å². The van der Waals surface area contributed by atoms with Gasteiger partial charge in [0.05, 0.1) is 18.0 Å². The molecule has 2 aliphatic heterocycles. The quantitative estimate of drug-likeness (QED) is 0.548. The average Bonchev–Trinajstić information content (AvgIpc) is 3.26. The van der Waals surface area contributed by atoms with Gasteiger partial charge in [0.1, 0.15) is 17.2 Å². The van der Waals surface area contributed by atoms with Gasteiger partial charge in [-0.15, -0.1) is 0 Å². The molecule has 2 aliphatic rings. The van der Waals surface area contributed by atoms with E-state index in [0.29, 0.717) is 41.6 Å². The van der Waals surface area contributed by atoms with Crippen LogP contribution in [0.15, 0.2) is 35.4 Å². The van der Waals surface area contributed by atoms with Crippen LogP contribution in [0.25, 0.3) is 5.65 Å². The van der Waals surface area contributed by atoms with Crippen LogP contribution < -0.4 is 16.2 Å². The third-order valence-electron chi connectivity index (χ3n) is 5.34. The number of aliphatic hydroxyl groups excluding tert-OH is 1. The monoisotopic (exact) mass is 381 g/mol. The molecule has 5 rings (SSSR count). The number of fused-ring (bicyclic) bond motifs is 5. The second-order valence-electron chi connectivity index (χ2n) is 7.14. The van der Waals surface area contributed by atoms with E-state index >= 15 is 0 Å². The zero-order valence-electron chi connectivity index (χ0n) is 15.2. The van der Waals surface area contributed by atoms with Crippen molar-refractivity contribution in [1.82, 2.24) is 24.1 Å². The summed E-state index contributed by atoms with van der Waals surface area (Å²) in [6, 6.07) is 4.94. The summed E-state index contributed by atoms with van der Waals surface area (Å²) in [7, 11) is 1.76. The number of nitrogens with zero attached hydrogens (tertiary/aromatic N) is 5. The molecule has 1 fully saturated rings. The lowest BCUT2D eigenvalue weighted by molar-refractivity contribution is 0.0766. The van der Waals surface area contributed by atoms with Gasteiger partial charge in [0, 0.05) is 50.9 Å². The Hall–Kier alpha value is -3.40. The number of amides is 1. The maximum absolute atomic E-state index is 13.1. The van der Waals surface area contributed by atoms with Gasteiger partial charge in [-0.25, -0.2) is 4.98 Å². The molecular weight excluding hydrogens is 362 g/mol. The topological polar surface area (TPSA) is 117 Å². The SMILES string of the molecule is CNc1cc2nc3c(cnn13)C(=O)N1C[C@H](Cn3cc(ccc3=O)N2)[C@H](O)C1. The zero-order chi connectivity index (χ0) is 19.4. The first-order valence-electron chi connectivity index (χ1n) is 9.05. The Balaban J connectivity index is 1.73. The number of rotatable bonds is 1. The predicted octanol–water partition coefficient (Wildman–Crippen LogP) is 0.123. The minimum atomic E-state index is -0.700. The van der Waals surface area contributed by atoms with Crippen molar-refractivity contribution in [3.05, 3.63) is 46.5 Å². The fourth-order valence-electron chi connectivity index (χ4n) is 3.87. The van der Waals surface area contributed by atoms with Crippen LogP contribution in [0.4, 0.5) is 17.3 Å². The Labute approximate surface area is 159 Å². The number of hydrogen-bond donors (Lipinski definition) is 3. The van der Waals surface area contributed by atoms with Gasteiger partial charge in [-0.2, -0.15) is 9.61 Å². The van der Waals surface area contributed by atoms with Crippen molar-refractivity contribution < 1.29 is 9.90 Å². The molecule has 3 aromatic heterocycles. The van der Waals surface area contributed by atoms with Crippen LogP contribution in [0.5, 0.6) is 0 Å². The maximum atomic E-state index is 13.1. The highest BCUT2D eigenvalue weighted by atomic mass is 16.3. The fourth-order valence-corrected chi connectivity index (χ4v) is 3.87. The standard InChI is InChI=1S/C18H19N7O3/c1-19-15-4-14-21-11-2-3-16(27)23(8-11)6-10-7-24(9-13(10)26)18(28)12-5-20-25(15)17(12)22-14/h2-5,8,10,13,19,26H,6-7,9H2,1H3,(H,21,22)/t10-,13+/m0/s1. The molecule has 3 N–H and O–H groups in total. The molecule has 1 saturated heterocycles. The fraction of sp³-hybridized carbons (Fsp3) is 0.333. The third kappa shape index (κ3) is 2.53. The van der Waals surface area contributed by atoms with E-state index in [1.807, 2.05) is 0 Å². The first kappa shape index (κ1) is 16.8. The highest BCUT2D eigenvalue weighted by Gasteiger charge is 2.36. The van der Waals surface area contributed by atoms with Crippen molar-refractivity contribution in [3.63, 3.8) is 0 Å². The van der Waals surface area contributed by atoms with E-state index in [2.05, 4.69) is 20.7 Å². The first-order valence-corrected chi connectivity index (χ1v) is 9.05. The zero-order valence-corrected chi connectivity index (χ0v) is 15.2. The van der Waals surface area contributed by atoms with Crippen molar-refractivity contribution in [2.75, 3.05) is 30.8 Å². The molecule has 2 atom stereocenters. The van der Waals surface area contributed by atoms with Crippen LogP contribution in [-0.4, -0.2) is 61.3 Å². The van der Waals surface area contributed by atoms with E-state index in [-0.39, 0.29) is 23.9 Å². The number of pyridine rings is 1. The Morgan fingerprint density at radius 3 is 2.93 bits per heavy atom. The highest BCUT2D eigenvalue weighted by molar-refractivity contribution is 6.00. The summed E-state index contributed by atoms with van der Waals surface area (Å²) in [5, 5.41) is 21.0. The lowest BCUT2D eigenvalue weighted by atomic mass is 10.1. The number of aromatic nitrogens is 4. The summed E-state index contributed by atoms with van der Waals surface area (Å²) in [5.41, 5.74) is 1.32. The lowest BCUT2D eigenvalue weighted by Crippen LogP contribution is -2.30. The molecule has 10 nitrogen and oxygen atoms in total. The number of hydrogen-bond acceptors (Lipinski definition) is 7. The number of anilines is 3. The van der Waals surface area contributed by atoms with Crippen LogP contribution in [0.1, 0.15) is 10.4 Å². The molecule has 5 heterocycles. The molecule has 0 saturated carbocycles. The van der Waals surface area contributed by atoms with Gasteiger partial charge in [0.15, 0.2) is 5.65 Å². The van der Waals surface area contributed by atoms with E-state index in [9.17, 15) is 14.7 Å². The van der Waals surface area contributed by atoms with Gasteiger partial charge >= 0.3 is 0 Å². The van der Waals surface area contributed by atoms with Crippen LogP contribution in [0.2, 0.25) is 0 Å². The summed E-state index contributed by atoms with van der Waals surface area (Å²) in [6.45, 7) is 0.904. The molecule has 6 bridgehead atoms. The number of carbonyl (C=O) groups excluding carboxylic acids is 1. The largest absolute Gasteiger partial charge is 0.391 e. The van der Waals surface area contributed by atoms with E-state index < -0.39 is 6.10 Å². The van der Waals surface area contributed by atoms with Crippen LogP contribution in [0, 0.1) is 5.92 Å². The molecule has 3 aromatic rings. The summed E-state index contributed by atoms with van der Waals surface area (Å²) in [4.78, 5) is 31.5. The van der Waals surface area contributed by atoms with E-state index in [1.54, 1.807) is 39.4 Å². The molecule has 1 amide bonds. The number of aliphatic hydroxyl groups is 1. The van der Waals surface area contributed by atoms with E-state index in [0.717, 1.165) is 0 Å². The van der Waals surface area contributed by atoms with Crippen molar-refractivity contribution in [3.8, 4) is 0 Å². The molecule has 10 heteroatoms. The van der Waals surface area contributed by atoms with Gasteiger partial charge in [-0.1, -0.05) is 0 Å². The van der Waals surface area contributed by atoms with Crippen LogP contribution in [-0.2, 0) is 6.54 Å². The van der Waals surface area contributed by atoms with Crippen molar-refractivity contribution >= 4 is 28.9 Å². The first-order chi connectivity index (χ1) is 13.5. The average molecular weight is 381 g/mol. The minimum absolute atomic E-state index is 0.159. The summed E-state index contributed by atoms with van der Waals surface area (Å²) in [5.74, 6) is 0.722. The van der Waals surface area contributed by atoms with Crippen molar-refractivity contribution in [2.45, 2.75) is 12.6 Å². The smallest absolute Gasteiger partial charge is 0.259 e. The summed E-state index contributed by atoms with van der Waals surface area (Å²) in [6.07, 6.45) is 2.51. The van der Waals surface area contributed by atoms with Crippen molar-refractivity contribution in [2.24, 2.45) is 5.92 Å². The normalized spacial score (nSPS) is 21.2. The summed E-state index contributed by atoms with van der Waals surface area (Å²) < 4.78 is 3.13. The molecular formula is C18H19N7O3. The minimum Gasteiger partial charge on any atom is -0.391 e. The molecule has 0 radical (unpaired) electrons. The molecule has 28 heavy (non-hydrogen) atoms. The van der Waals surface area contributed by atoms with E-state index in [4.69, 9.17) is 0 Å². The van der Waals surface area contributed by atoms with Gasteiger partial charge in [-0.05, 0) is 6.07 Å². The highest BCUT2D eigenvalue weighted by Crippen LogP contribution is 2.26. The predicted molar refractivity (Wildman–Crippen MR) is 102 cm³/mol. The number of carbonyl (C=O) groups is 1. The molecule has 0 unspecified atom stereocenters. The Bertz CT molecular complexity index is 1150. The van der Waals surface area contributed by atoms with Gasteiger partial charge < -0.3 is 25.2 Å². The van der Waals surface area contributed by atoms with Crippen molar-refractivity contribution in [1.29, 1.82) is 0 Å². The van der Waals surface area contributed by atoms with E-state index in [1.165, 1.54) is 12.3 Å². The Morgan fingerprint density at radius 2 is 2.11 bits per heavy atom. The Morgan fingerprint density at radius 1 is 1.25 bits per heavy atom. The third-order valence-corrected chi connectivity index (χ3v) is 5.34. The molecule has 0 spiro atoms. The number of nitrogens with one attached hydrogen (secondary N) is 2. The van der Waals surface area contributed by atoms with Gasteiger partial charge in [0.25, 0.3) is 11.5 Å². The summed E-state index contributed by atoms with van der Waals surface area (Å²) >= 11 is 0. The van der Waals surface area contributed by atoms with Crippen LogP contribution >= 0.6 is 0 Å². The maximum Gasteiger partial charge on any atom is 0.259 e. The van der Waals surface area contributed by atoms with Crippen LogP contribution in [0.3, 0.4) is 0 Å². The van der Waals surface area contributed by atoms with Gasteiger partial charge in [-0.3, -0.25) is 9.59 Å². The lowest BCUT2D eigenvalue weighted by Gasteiger charge is -2.16. The molecule has 0 aromatic carbocycles. The second kappa shape index (κ2) is 6.06. The second-order valence-corrected chi connectivity index (χ2v) is 7.14.